The molecule has 0 bridgehead atoms. The summed E-state index contributed by atoms with van der Waals surface area (Å²) in [5.41, 5.74) is 2.51. The van der Waals surface area contributed by atoms with E-state index in [1.807, 2.05) is 12.3 Å². The lowest BCUT2D eigenvalue weighted by atomic mass is 9.72. The summed E-state index contributed by atoms with van der Waals surface area (Å²) in [6.07, 6.45) is 6.10. The van der Waals surface area contributed by atoms with Crippen molar-refractivity contribution in [2.45, 2.75) is 32.2 Å². The fourth-order valence-corrected chi connectivity index (χ4v) is 3.86. The average Bonchev–Trinajstić information content (AvgIpc) is 2.43. The highest BCUT2D eigenvalue weighted by Gasteiger charge is 2.42. The molecule has 1 saturated carbocycles. The van der Waals surface area contributed by atoms with Crippen LogP contribution < -0.4 is 4.90 Å². The van der Waals surface area contributed by atoms with E-state index in [1.165, 1.54) is 42.4 Å². The summed E-state index contributed by atoms with van der Waals surface area (Å²) >= 11 is 0. The van der Waals surface area contributed by atoms with Crippen LogP contribution >= 0.6 is 0 Å². The number of pyridine rings is 1. The molecule has 0 radical (unpaired) electrons. The van der Waals surface area contributed by atoms with Gasteiger partial charge in [-0.25, -0.2) is 0 Å². The Bertz CT molecular complexity index is 602. The molecule has 2 aliphatic rings. The monoisotopic (exact) mass is 252 g/mol. The van der Waals surface area contributed by atoms with Gasteiger partial charge in [-0.05, 0) is 36.8 Å². The van der Waals surface area contributed by atoms with E-state index in [9.17, 15) is 0 Å². The number of anilines is 1. The molecule has 19 heavy (non-hydrogen) atoms. The lowest BCUT2D eigenvalue weighted by Gasteiger charge is -2.53. The van der Waals surface area contributed by atoms with Crippen molar-refractivity contribution in [2.75, 3.05) is 11.4 Å². The summed E-state index contributed by atoms with van der Waals surface area (Å²) < 4.78 is 0. The van der Waals surface area contributed by atoms with Crippen molar-refractivity contribution in [1.29, 1.82) is 0 Å². The van der Waals surface area contributed by atoms with E-state index < -0.39 is 0 Å². The van der Waals surface area contributed by atoms with Crippen LogP contribution in [0.2, 0.25) is 0 Å². The Labute approximate surface area is 114 Å². The molecule has 98 valence electrons. The van der Waals surface area contributed by atoms with Gasteiger partial charge in [-0.3, -0.25) is 4.98 Å². The van der Waals surface area contributed by atoms with Gasteiger partial charge < -0.3 is 4.90 Å². The van der Waals surface area contributed by atoms with Gasteiger partial charge in [-0.15, -0.1) is 0 Å². The largest absolute Gasteiger partial charge is 0.366 e. The Morgan fingerprint density at radius 3 is 3.00 bits per heavy atom. The highest BCUT2D eigenvalue weighted by Crippen LogP contribution is 2.43. The van der Waals surface area contributed by atoms with Crippen molar-refractivity contribution in [3.63, 3.8) is 0 Å². The van der Waals surface area contributed by atoms with Crippen molar-refractivity contribution in [1.82, 2.24) is 4.98 Å². The van der Waals surface area contributed by atoms with E-state index in [0.29, 0.717) is 0 Å². The second-order valence-corrected chi connectivity index (χ2v) is 6.25. The lowest BCUT2D eigenvalue weighted by Crippen LogP contribution is -2.58. The third-order valence-electron chi connectivity index (χ3n) is 4.97. The van der Waals surface area contributed by atoms with Crippen molar-refractivity contribution < 1.29 is 0 Å². The first kappa shape index (κ1) is 11.3. The molecule has 1 aliphatic carbocycles. The van der Waals surface area contributed by atoms with Gasteiger partial charge >= 0.3 is 0 Å². The van der Waals surface area contributed by atoms with Crippen LogP contribution in [0.15, 0.2) is 36.5 Å². The maximum Gasteiger partial charge on any atom is 0.0935 e. The second kappa shape index (κ2) is 4.22. The average molecular weight is 252 g/mol. The van der Waals surface area contributed by atoms with Crippen LogP contribution in [0.25, 0.3) is 10.9 Å². The topological polar surface area (TPSA) is 16.1 Å². The summed E-state index contributed by atoms with van der Waals surface area (Å²) in [6.45, 7) is 3.63. The number of nitrogens with zero attached hydrogens (tertiary/aromatic N) is 2. The molecular formula is C17H20N2. The molecule has 0 N–H and O–H groups in total. The van der Waals surface area contributed by atoms with Gasteiger partial charge in [0, 0.05) is 24.2 Å². The molecule has 3 unspecified atom stereocenters. The van der Waals surface area contributed by atoms with Crippen LogP contribution in [-0.2, 0) is 0 Å². The van der Waals surface area contributed by atoms with Gasteiger partial charge in [0.15, 0.2) is 0 Å². The smallest absolute Gasteiger partial charge is 0.0935 e. The van der Waals surface area contributed by atoms with E-state index in [-0.39, 0.29) is 0 Å². The second-order valence-electron chi connectivity index (χ2n) is 6.25. The summed E-state index contributed by atoms with van der Waals surface area (Å²) in [5, 5.41) is 1.26. The predicted molar refractivity (Wildman–Crippen MR) is 79.4 cm³/mol. The summed E-state index contributed by atoms with van der Waals surface area (Å²) in [7, 11) is 0. The first-order valence-electron chi connectivity index (χ1n) is 7.43. The zero-order valence-electron chi connectivity index (χ0n) is 11.4. The quantitative estimate of drug-likeness (QED) is 0.766. The van der Waals surface area contributed by atoms with E-state index >= 15 is 0 Å². The van der Waals surface area contributed by atoms with Crippen molar-refractivity contribution >= 4 is 16.6 Å². The Morgan fingerprint density at radius 1 is 1.16 bits per heavy atom. The number of benzene rings is 1. The molecule has 1 aromatic heterocycles. The molecular weight excluding hydrogens is 232 g/mol. The summed E-state index contributed by atoms with van der Waals surface area (Å²) in [4.78, 5) is 7.19. The number of aromatic nitrogens is 1. The SMILES string of the molecule is CC1CCC2CN(c3cccc4cccnc34)C2C1. The van der Waals surface area contributed by atoms with Crippen LogP contribution in [0.3, 0.4) is 0 Å². The van der Waals surface area contributed by atoms with Gasteiger partial charge in [-0.2, -0.15) is 0 Å². The molecule has 2 heteroatoms. The minimum absolute atomic E-state index is 0.761. The fraction of sp³-hybridized carbons (Fsp3) is 0.471. The van der Waals surface area contributed by atoms with Crippen molar-refractivity contribution in [3.8, 4) is 0 Å². The number of para-hydroxylation sites is 1. The molecule has 0 spiro atoms. The number of hydrogen-bond donors (Lipinski definition) is 0. The molecule has 2 fully saturated rings. The third kappa shape index (κ3) is 1.73. The maximum atomic E-state index is 4.60. The molecule has 1 aromatic carbocycles. The number of hydrogen-bond acceptors (Lipinski definition) is 2. The highest BCUT2D eigenvalue weighted by molar-refractivity contribution is 5.91. The van der Waals surface area contributed by atoms with E-state index in [2.05, 4.69) is 41.1 Å². The number of rotatable bonds is 1. The van der Waals surface area contributed by atoms with Gasteiger partial charge in [0.05, 0.1) is 11.2 Å². The molecule has 2 heterocycles. The van der Waals surface area contributed by atoms with Gasteiger partial charge in [0.25, 0.3) is 0 Å². The van der Waals surface area contributed by atoms with Crippen LogP contribution in [0, 0.1) is 11.8 Å². The molecule has 1 aliphatic heterocycles. The maximum absolute atomic E-state index is 4.60. The first-order chi connectivity index (χ1) is 9.33. The van der Waals surface area contributed by atoms with Crippen LogP contribution in [0.4, 0.5) is 5.69 Å². The van der Waals surface area contributed by atoms with E-state index in [4.69, 9.17) is 0 Å². The Hall–Kier alpha value is -1.57. The van der Waals surface area contributed by atoms with Crippen molar-refractivity contribution in [3.05, 3.63) is 36.5 Å². The van der Waals surface area contributed by atoms with Gasteiger partial charge in [0.1, 0.15) is 0 Å². The minimum Gasteiger partial charge on any atom is -0.366 e. The highest BCUT2D eigenvalue weighted by atomic mass is 15.2. The molecule has 4 rings (SSSR count). The first-order valence-corrected chi connectivity index (χ1v) is 7.43. The van der Waals surface area contributed by atoms with Crippen LogP contribution in [0.5, 0.6) is 0 Å². The lowest BCUT2D eigenvalue weighted by molar-refractivity contribution is 0.175. The zero-order chi connectivity index (χ0) is 12.8. The third-order valence-corrected chi connectivity index (χ3v) is 4.97. The molecule has 3 atom stereocenters. The molecule has 1 saturated heterocycles. The normalized spacial score (nSPS) is 29.9. The van der Waals surface area contributed by atoms with E-state index in [0.717, 1.165) is 17.9 Å². The van der Waals surface area contributed by atoms with Gasteiger partial charge in [-0.1, -0.05) is 31.5 Å². The predicted octanol–water partition coefficient (Wildman–Crippen LogP) is 3.86. The summed E-state index contributed by atoms with van der Waals surface area (Å²) in [6, 6.07) is 11.5. The van der Waals surface area contributed by atoms with Crippen LogP contribution in [0.1, 0.15) is 26.2 Å². The van der Waals surface area contributed by atoms with E-state index in [1.54, 1.807) is 0 Å². The zero-order valence-corrected chi connectivity index (χ0v) is 11.4. The Balaban J connectivity index is 1.72. The van der Waals surface area contributed by atoms with Gasteiger partial charge in [0.2, 0.25) is 0 Å². The molecule has 2 aromatic rings. The van der Waals surface area contributed by atoms with Crippen molar-refractivity contribution in [2.24, 2.45) is 11.8 Å². The summed E-state index contributed by atoms with van der Waals surface area (Å²) in [5.74, 6) is 1.81. The molecule has 2 nitrogen and oxygen atoms in total. The Morgan fingerprint density at radius 2 is 2.05 bits per heavy atom. The fourth-order valence-electron chi connectivity index (χ4n) is 3.86. The standard InChI is InChI=1S/C17H20N2/c1-12-7-8-14-11-19(16(14)10-12)15-6-2-4-13-5-3-9-18-17(13)15/h2-6,9,12,14,16H,7-8,10-11H2,1H3. The minimum atomic E-state index is 0.761. The Kier molecular flexibility index (Phi) is 2.51. The molecule has 0 amide bonds. The van der Waals surface area contributed by atoms with Crippen LogP contribution in [-0.4, -0.2) is 17.6 Å². The number of fused-ring (bicyclic) bond motifs is 2.